The number of amides is 1. The number of nitrogens with one attached hydrogen (secondary N) is 3. The number of aromatic nitrogens is 1. The van der Waals surface area contributed by atoms with E-state index in [9.17, 15) is 4.79 Å². The molecule has 2 atom stereocenters. The van der Waals surface area contributed by atoms with Gasteiger partial charge in [-0.15, -0.1) is 0 Å². The number of carbonyl (C=O) groups is 1. The first-order valence-electron chi connectivity index (χ1n) is 9.95. The molecule has 1 aromatic carbocycles. The highest BCUT2D eigenvalue weighted by Crippen LogP contribution is 2.29. The topological polar surface area (TPSA) is 60.2 Å². The fraction of sp³-hybridized carbons (Fsp3) is 0.571. The number of benzene rings is 1. The lowest BCUT2D eigenvalue weighted by Crippen LogP contribution is -2.46. The van der Waals surface area contributed by atoms with Crippen LogP contribution in [0, 0.1) is 25.7 Å². The molecule has 2 fully saturated rings. The summed E-state index contributed by atoms with van der Waals surface area (Å²) in [6, 6.07) is 6.61. The van der Waals surface area contributed by atoms with E-state index in [1.54, 1.807) is 0 Å². The molecule has 4 rings (SSSR count). The summed E-state index contributed by atoms with van der Waals surface area (Å²) in [5.74, 6) is 1.55. The largest absolute Gasteiger partial charge is 0.358 e. The van der Waals surface area contributed by atoms with Crippen molar-refractivity contribution in [1.29, 1.82) is 0 Å². The molecule has 0 radical (unpaired) electrons. The van der Waals surface area contributed by atoms with Crippen LogP contribution in [0.1, 0.15) is 47.8 Å². The van der Waals surface area contributed by atoms with Crippen LogP contribution in [0.3, 0.4) is 0 Å². The van der Waals surface area contributed by atoms with Crippen molar-refractivity contribution in [3.8, 4) is 0 Å². The van der Waals surface area contributed by atoms with Gasteiger partial charge in [-0.1, -0.05) is 13.3 Å². The second kappa shape index (κ2) is 7.05. The number of H-pyrrole nitrogens is 1. The van der Waals surface area contributed by atoms with Crippen LogP contribution < -0.4 is 10.9 Å². The molecule has 2 unspecified atom stereocenters. The van der Waals surface area contributed by atoms with Gasteiger partial charge in [0, 0.05) is 47.8 Å². The Morgan fingerprint density at radius 1 is 1.23 bits per heavy atom. The SMILES string of the molecule is CCC1CNNC1C1CCN(C(=O)c2ccc3[nH]c(C)c(C)c3c2)CC1. The van der Waals surface area contributed by atoms with Gasteiger partial charge in [0.05, 0.1) is 0 Å². The van der Waals surface area contributed by atoms with Crippen LogP contribution in [0.2, 0.25) is 0 Å². The summed E-state index contributed by atoms with van der Waals surface area (Å²) in [4.78, 5) is 18.4. The first-order chi connectivity index (χ1) is 12.6. The van der Waals surface area contributed by atoms with Gasteiger partial charge in [0.1, 0.15) is 0 Å². The van der Waals surface area contributed by atoms with E-state index >= 15 is 0 Å². The fourth-order valence-electron chi connectivity index (χ4n) is 4.69. The molecule has 0 spiro atoms. The van der Waals surface area contributed by atoms with E-state index < -0.39 is 0 Å². The minimum Gasteiger partial charge on any atom is -0.358 e. The fourth-order valence-corrected chi connectivity index (χ4v) is 4.69. The number of hydrogen-bond acceptors (Lipinski definition) is 3. The smallest absolute Gasteiger partial charge is 0.253 e. The number of piperidine rings is 1. The van der Waals surface area contributed by atoms with Crippen molar-refractivity contribution in [2.45, 2.75) is 46.1 Å². The Balaban J connectivity index is 1.44. The Morgan fingerprint density at radius 3 is 2.73 bits per heavy atom. The van der Waals surface area contributed by atoms with Crippen LogP contribution in [-0.4, -0.2) is 41.5 Å². The van der Waals surface area contributed by atoms with Gasteiger partial charge in [-0.3, -0.25) is 15.6 Å². The van der Waals surface area contributed by atoms with Crippen molar-refractivity contribution < 1.29 is 4.79 Å². The summed E-state index contributed by atoms with van der Waals surface area (Å²) in [6.45, 7) is 9.25. The molecule has 1 amide bonds. The molecule has 2 aliphatic rings. The summed E-state index contributed by atoms with van der Waals surface area (Å²) in [6.07, 6.45) is 3.39. The molecule has 2 saturated heterocycles. The van der Waals surface area contributed by atoms with Gasteiger partial charge in [-0.05, 0) is 62.3 Å². The first kappa shape index (κ1) is 17.6. The van der Waals surface area contributed by atoms with Crippen molar-refractivity contribution >= 4 is 16.8 Å². The zero-order chi connectivity index (χ0) is 18.3. The van der Waals surface area contributed by atoms with Crippen LogP contribution in [0.25, 0.3) is 10.9 Å². The maximum atomic E-state index is 13.0. The summed E-state index contributed by atoms with van der Waals surface area (Å²) in [5, 5.41) is 1.16. The lowest BCUT2D eigenvalue weighted by molar-refractivity contribution is 0.0663. The zero-order valence-corrected chi connectivity index (χ0v) is 16.1. The molecule has 3 N–H and O–H groups in total. The van der Waals surface area contributed by atoms with Crippen LogP contribution in [0.15, 0.2) is 18.2 Å². The summed E-state index contributed by atoms with van der Waals surface area (Å²) in [7, 11) is 0. The van der Waals surface area contributed by atoms with E-state index in [1.807, 2.05) is 17.0 Å². The molecule has 26 heavy (non-hydrogen) atoms. The van der Waals surface area contributed by atoms with Crippen molar-refractivity contribution in [2.24, 2.45) is 11.8 Å². The van der Waals surface area contributed by atoms with Gasteiger partial charge in [-0.2, -0.15) is 0 Å². The molecule has 2 aromatic rings. The normalized spacial score (nSPS) is 24.5. The van der Waals surface area contributed by atoms with E-state index in [4.69, 9.17) is 0 Å². The molecule has 5 heteroatoms. The molecule has 140 valence electrons. The Labute approximate surface area is 155 Å². The van der Waals surface area contributed by atoms with Crippen LogP contribution >= 0.6 is 0 Å². The molecular formula is C21H30N4O. The molecular weight excluding hydrogens is 324 g/mol. The van der Waals surface area contributed by atoms with E-state index in [-0.39, 0.29) is 5.91 Å². The van der Waals surface area contributed by atoms with Gasteiger partial charge in [0.25, 0.3) is 5.91 Å². The number of carbonyl (C=O) groups excluding carboxylic acids is 1. The maximum absolute atomic E-state index is 13.0. The molecule has 0 aliphatic carbocycles. The zero-order valence-electron chi connectivity index (χ0n) is 16.1. The highest BCUT2D eigenvalue weighted by molar-refractivity contribution is 5.99. The van der Waals surface area contributed by atoms with Crippen molar-refractivity contribution in [1.82, 2.24) is 20.7 Å². The number of fused-ring (bicyclic) bond motifs is 1. The Bertz CT molecular complexity index is 804. The standard InChI is InChI=1S/C21H30N4O/c1-4-15-12-22-24-20(15)16-7-9-25(10-8-16)21(26)17-5-6-19-18(11-17)13(2)14(3)23-19/h5-6,11,15-16,20,22-24H,4,7-10,12H2,1-3H3. The van der Waals surface area contributed by atoms with Crippen molar-refractivity contribution in [3.63, 3.8) is 0 Å². The predicted molar refractivity (Wildman–Crippen MR) is 105 cm³/mol. The number of hydrogen-bond donors (Lipinski definition) is 3. The highest BCUT2D eigenvalue weighted by Gasteiger charge is 2.35. The lowest BCUT2D eigenvalue weighted by atomic mass is 9.82. The van der Waals surface area contributed by atoms with E-state index in [2.05, 4.69) is 42.7 Å². The third-order valence-electron chi connectivity index (χ3n) is 6.56. The van der Waals surface area contributed by atoms with Crippen LogP contribution in [-0.2, 0) is 0 Å². The van der Waals surface area contributed by atoms with Crippen molar-refractivity contribution in [3.05, 3.63) is 35.0 Å². The Kier molecular flexibility index (Phi) is 4.76. The minimum atomic E-state index is 0.174. The van der Waals surface area contributed by atoms with Gasteiger partial charge >= 0.3 is 0 Å². The number of hydrazine groups is 1. The molecule has 0 bridgehead atoms. The average Bonchev–Trinajstić information content (AvgIpc) is 3.26. The third kappa shape index (κ3) is 3.03. The quantitative estimate of drug-likeness (QED) is 0.794. The second-order valence-corrected chi connectivity index (χ2v) is 7.98. The van der Waals surface area contributed by atoms with Gasteiger partial charge in [0.15, 0.2) is 0 Å². The predicted octanol–water partition coefficient (Wildman–Crippen LogP) is 3.14. The van der Waals surface area contributed by atoms with Crippen LogP contribution in [0.5, 0.6) is 0 Å². The van der Waals surface area contributed by atoms with Gasteiger partial charge in [-0.25, -0.2) is 0 Å². The highest BCUT2D eigenvalue weighted by atomic mass is 16.2. The number of nitrogens with zero attached hydrogens (tertiary/aromatic N) is 1. The van der Waals surface area contributed by atoms with Crippen LogP contribution in [0.4, 0.5) is 0 Å². The Hall–Kier alpha value is -1.85. The molecule has 1 aromatic heterocycles. The summed E-state index contributed by atoms with van der Waals surface area (Å²) in [5.41, 5.74) is 11.1. The maximum Gasteiger partial charge on any atom is 0.253 e. The molecule has 0 saturated carbocycles. The third-order valence-corrected chi connectivity index (χ3v) is 6.56. The van der Waals surface area contributed by atoms with Crippen molar-refractivity contribution in [2.75, 3.05) is 19.6 Å². The summed E-state index contributed by atoms with van der Waals surface area (Å²) >= 11 is 0. The monoisotopic (exact) mass is 354 g/mol. The number of aromatic amines is 1. The lowest BCUT2D eigenvalue weighted by Gasteiger charge is -2.36. The van der Waals surface area contributed by atoms with Gasteiger partial charge < -0.3 is 9.88 Å². The minimum absolute atomic E-state index is 0.174. The number of likely N-dealkylation sites (tertiary alicyclic amines) is 1. The second-order valence-electron chi connectivity index (χ2n) is 7.98. The first-order valence-corrected chi connectivity index (χ1v) is 9.95. The molecule has 5 nitrogen and oxygen atoms in total. The average molecular weight is 354 g/mol. The number of aryl methyl sites for hydroxylation is 2. The molecule has 3 heterocycles. The molecule has 2 aliphatic heterocycles. The summed E-state index contributed by atoms with van der Waals surface area (Å²) < 4.78 is 0. The van der Waals surface area contributed by atoms with E-state index in [1.165, 1.54) is 17.7 Å². The van der Waals surface area contributed by atoms with E-state index in [0.29, 0.717) is 17.9 Å². The Morgan fingerprint density at radius 2 is 2.00 bits per heavy atom. The van der Waals surface area contributed by atoms with Gasteiger partial charge in [0.2, 0.25) is 0 Å². The van der Waals surface area contributed by atoms with E-state index in [0.717, 1.165) is 48.9 Å². The number of rotatable bonds is 3.